The number of unbranched alkanes of at least 4 members (excludes halogenated alkanes) is 2. The molecule has 0 fully saturated rings. The highest BCUT2D eigenvalue weighted by molar-refractivity contribution is 4.77. The molecule has 0 aromatic rings. The lowest BCUT2D eigenvalue weighted by Gasteiger charge is -2.32. The van der Waals surface area contributed by atoms with Crippen LogP contribution in [0.2, 0.25) is 0 Å². The Hall–Kier alpha value is -0.510. The Morgan fingerprint density at radius 3 is 2.43 bits per heavy atom. The second-order valence-corrected chi connectivity index (χ2v) is 5.04. The molecule has 0 N–H and O–H groups in total. The summed E-state index contributed by atoms with van der Waals surface area (Å²) in [6, 6.07) is 2.22. The molecule has 0 heterocycles. The Labute approximate surface area is 89.5 Å². The molecule has 0 aromatic heterocycles. The van der Waals surface area contributed by atoms with Gasteiger partial charge in [-0.1, -0.05) is 40.5 Å². The molecule has 1 heteroatoms. The lowest BCUT2D eigenvalue weighted by molar-refractivity contribution is 0.192. The average Bonchev–Trinajstić information content (AvgIpc) is 2.15. The summed E-state index contributed by atoms with van der Waals surface area (Å²) in [6.45, 7) is 9.29. The summed E-state index contributed by atoms with van der Waals surface area (Å²) in [4.78, 5) is 0. The predicted octanol–water partition coefficient (Wildman–Crippen LogP) is 4.53. The summed E-state index contributed by atoms with van der Waals surface area (Å²) in [6.07, 6.45) is 6.91. The highest BCUT2D eigenvalue weighted by atomic mass is 14.3. The van der Waals surface area contributed by atoms with Gasteiger partial charge in [-0.25, -0.2) is 0 Å². The first-order valence-electron chi connectivity index (χ1n) is 5.91. The Morgan fingerprint density at radius 2 is 1.93 bits per heavy atom. The van der Waals surface area contributed by atoms with Crippen LogP contribution in [-0.4, -0.2) is 0 Å². The maximum absolute atomic E-state index is 8.47. The van der Waals surface area contributed by atoms with Crippen LogP contribution < -0.4 is 0 Å². The second kappa shape index (κ2) is 6.87. The fraction of sp³-hybridized carbons (Fsp3) is 0.923. The fourth-order valence-electron chi connectivity index (χ4n) is 1.76. The van der Waals surface area contributed by atoms with Gasteiger partial charge in [-0.3, -0.25) is 0 Å². The highest BCUT2D eigenvalue weighted by Crippen LogP contribution is 2.35. The normalized spacial score (nSPS) is 13.6. The smallest absolute Gasteiger partial charge is 0.0621 e. The van der Waals surface area contributed by atoms with Gasteiger partial charge >= 0.3 is 0 Å². The van der Waals surface area contributed by atoms with Gasteiger partial charge in [0.1, 0.15) is 0 Å². The molecule has 1 nitrogen and oxygen atoms in total. The third kappa shape index (κ3) is 5.27. The van der Waals surface area contributed by atoms with Gasteiger partial charge in [0.05, 0.1) is 6.07 Å². The molecule has 0 bridgehead atoms. The number of hydrogen-bond acceptors (Lipinski definition) is 1. The van der Waals surface area contributed by atoms with Crippen LogP contribution >= 0.6 is 0 Å². The standard InChI is InChI=1S/C13H25N/c1-5-6-10-13(3,4)12(2)9-7-8-11-14/h12H,5-10H2,1-4H3. The van der Waals surface area contributed by atoms with E-state index < -0.39 is 0 Å². The first kappa shape index (κ1) is 13.5. The number of nitriles is 1. The summed E-state index contributed by atoms with van der Waals surface area (Å²) in [5.41, 5.74) is 0.450. The van der Waals surface area contributed by atoms with Crippen LogP contribution in [0.25, 0.3) is 0 Å². The molecule has 0 amide bonds. The van der Waals surface area contributed by atoms with Gasteiger partial charge in [0.25, 0.3) is 0 Å². The summed E-state index contributed by atoms with van der Waals surface area (Å²) in [5, 5.41) is 8.47. The largest absolute Gasteiger partial charge is 0.198 e. The molecule has 0 radical (unpaired) electrons. The van der Waals surface area contributed by atoms with Gasteiger partial charge in [0, 0.05) is 6.42 Å². The molecule has 0 saturated heterocycles. The molecule has 0 spiro atoms. The van der Waals surface area contributed by atoms with E-state index in [4.69, 9.17) is 5.26 Å². The van der Waals surface area contributed by atoms with E-state index in [-0.39, 0.29) is 0 Å². The zero-order valence-electron chi connectivity index (χ0n) is 10.3. The van der Waals surface area contributed by atoms with E-state index in [0.29, 0.717) is 11.8 Å². The minimum Gasteiger partial charge on any atom is -0.198 e. The van der Waals surface area contributed by atoms with E-state index in [2.05, 4.69) is 33.8 Å². The number of nitrogens with zero attached hydrogens (tertiary/aromatic N) is 1. The minimum absolute atomic E-state index is 0.450. The maximum atomic E-state index is 8.47. The SMILES string of the molecule is CCCCC(C)(C)C(C)CCCC#N. The van der Waals surface area contributed by atoms with Crippen LogP contribution in [0.1, 0.15) is 66.2 Å². The molecule has 1 unspecified atom stereocenters. The molecule has 1 atom stereocenters. The third-order valence-electron chi connectivity index (χ3n) is 3.43. The summed E-state index contributed by atoms with van der Waals surface area (Å²) < 4.78 is 0. The van der Waals surface area contributed by atoms with E-state index in [0.717, 1.165) is 12.3 Å². The van der Waals surface area contributed by atoms with E-state index in [1.54, 1.807) is 0 Å². The molecular formula is C13H25N. The van der Waals surface area contributed by atoms with Gasteiger partial charge in [0.15, 0.2) is 0 Å². The lowest BCUT2D eigenvalue weighted by atomic mass is 9.74. The number of hydrogen-bond donors (Lipinski definition) is 0. The monoisotopic (exact) mass is 195 g/mol. The predicted molar refractivity (Wildman–Crippen MR) is 61.9 cm³/mol. The third-order valence-corrected chi connectivity index (χ3v) is 3.43. The molecule has 0 rings (SSSR count). The summed E-state index contributed by atoms with van der Waals surface area (Å²) in [5.74, 6) is 0.738. The average molecular weight is 195 g/mol. The molecule has 0 aliphatic rings. The van der Waals surface area contributed by atoms with Crippen molar-refractivity contribution >= 4 is 0 Å². The van der Waals surface area contributed by atoms with Crippen LogP contribution in [0.15, 0.2) is 0 Å². The van der Waals surface area contributed by atoms with Crippen molar-refractivity contribution in [1.82, 2.24) is 0 Å². The molecular weight excluding hydrogens is 170 g/mol. The topological polar surface area (TPSA) is 23.8 Å². The van der Waals surface area contributed by atoms with Crippen LogP contribution in [0.5, 0.6) is 0 Å². The Kier molecular flexibility index (Phi) is 6.62. The number of rotatable bonds is 7. The van der Waals surface area contributed by atoms with Gasteiger partial charge in [0.2, 0.25) is 0 Å². The minimum atomic E-state index is 0.450. The van der Waals surface area contributed by atoms with Crippen molar-refractivity contribution in [1.29, 1.82) is 5.26 Å². The Morgan fingerprint density at radius 1 is 1.29 bits per heavy atom. The second-order valence-electron chi connectivity index (χ2n) is 5.04. The molecule has 0 aliphatic heterocycles. The first-order chi connectivity index (χ1) is 6.54. The molecule has 14 heavy (non-hydrogen) atoms. The van der Waals surface area contributed by atoms with Gasteiger partial charge < -0.3 is 0 Å². The molecule has 0 aliphatic carbocycles. The molecule has 0 aromatic carbocycles. The van der Waals surface area contributed by atoms with Crippen LogP contribution in [0, 0.1) is 22.7 Å². The quantitative estimate of drug-likeness (QED) is 0.547. The van der Waals surface area contributed by atoms with Crippen LogP contribution in [0.4, 0.5) is 0 Å². The van der Waals surface area contributed by atoms with E-state index in [1.807, 2.05) is 0 Å². The Balaban J connectivity index is 3.82. The van der Waals surface area contributed by atoms with E-state index >= 15 is 0 Å². The first-order valence-corrected chi connectivity index (χ1v) is 5.91. The molecule has 82 valence electrons. The van der Waals surface area contributed by atoms with Crippen molar-refractivity contribution in [3.63, 3.8) is 0 Å². The van der Waals surface area contributed by atoms with Crippen molar-refractivity contribution in [2.24, 2.45) is 11.3 Å². The fourth-order valence-corrected chi connectivity index (χ4v) is 1.76. The zero-order valence-corrected chi connectivity index (χ0v) is 10.3. The lowest BCUT2D eigenvalue weighted by Crippen LogP contribution is -2.21. The zero-order chi connectivity index (χ0) is 11.0. The van der Waals surface area contributed by atoms with E-state index in [9.17, 15) is 0 Å². The Bertz CT molecular complexity index is 176. The van der Waals surface area contributed by atoms with Crippen molar-refractivity contribution < 1.29 is 0 Å². The highest BCUT2D eigenvalue weighted by Gasteiger charge is 2.24. The van der Waals surface area contributed by atoms with Gasteiger partial charge in [-0.05, 0) is 30.6 Å². The van der Waals surface area contributed by atoms with Crippen LogP contribution in [0.3, 0.4) is 0 Å². The van der Waals surface area contributed by atoms with Crippen molar-refractivity contribution in [2.75, 3.05) is 0 Å². The summed E-state index contributed by atoms with van der Waals surface area (Å²) in [7, 11) is 0. The summed E-state index contributed by atoms with van der Waals surface area (Å²) >= 11 is 0. The molecule has 0 saturated carbocycles. The van der Waals surface area contributed by atoms with Crippen molar-refractivity contribution in [2.45, 2.75) is 66.2 Å². The van der Waals surface area contributed by atoms with Gasteiger partial charge in [-0.15, -0.1) is 0 Å². The maximum Gasteiger partial charge on any atom is 0.0621 e. The van der Waals surface area contributed by atoms with Crippen LogP contribution in [-0.2, 0) is 0 Å². The van der Waals surface area contributed by atoms with Crippen molar-refractivity contribution in [3.05, 3.63) is 0 Å². The van der Waals surface area contributed by atoms with Gasteiger partial charge in [-0.2, -0.15) is 5.26 Å². The van der Waals surface area contributed by atoms with E-state index in [1.165, 1.54) is 25.7 Å². The van der Waals surface area contributed by atoms with Crippen molar-refractivity contribution in [3.8, 4) is 6.07 Å².